The number of anilines is 1. The standard InChI is InChI=1S/C14H9BrCl2F3N/c1-6(8-4-11(18)10(17)5-9(8)16)21-14-12(19)2-7(15)3-13(14)20/h2-6,21H,1H3. The second kappa shape index (κ2) is 6.46. The van der Waals surface area contributed by atoms with Crippen LogP contribution >= 0.6 is 39.1 Å². The van der Waals surface area contributed by atoms with Gasteiger partial charge in [-0.25, -0.2) is 13.2 Å². The van der Waals surface area contributed by atoms with Crippen molar-refractivity contribution < 1.29 is 13.2 Å². The van der Waals surface area contributed by atoms with Gasteiger partial charge in [0, 0.05) is 9.50 Å². The van der Waals surface area contributed by atoms with Crippen LogP contribution in [0.4, 0.5) is 18.9 Å². The fourth-order valence-electron chi connectivity index (χ4n) is 1.84. The van der Waals surface area contributed by atoms with Crippen molar-refractivity contribution in [1.82, 2.24) is 0 Å². The second-order valence-corrected chi connectivity index (χ2v) is 6.13. The van der Waals surface area contributed by atoms with E-state index < -0.39 is 23.5 Å². The van der Waals surface area contributed by atoms with Crippen LogP contribution < -0.4 is 5.32 Å². The number of hydrogen-bond donors (Lipinski definition) is 1. The van der Waals surface area contributed by atoms with E-state index in [0.29, 0.717) is 5.56 Å². The van der Waals surface area contributed by atoms with Gasteiger partial charge in [-0.3, -0.25) is 0 Å². The Balaban J connectivity index is 2.35. The summed E-state index contributed by atoms with van der Waals surface area (Å²) in [4.78, 5) is 0. The van der Waals surface area contributed by atoms with Crippen molar-refractivity contribution in [1.29, 1.82) is 0 Å². The van der Waals surface area contributed by atoms with E-state index in [1.807, 2.05) is 0 Å². The zero-order valence-corrected chi connectivity index (χ0v) is 13.8. The number of halogens is 6. The van der Waals surface area contributed by atoms with Crippen LogP contribution in [0, 0.1) is 17.5 Å². The molecule has 0 heterocycles. The molecule has 0 radical (unpaired) electrons. The third-order valence-electron chi connectivity index (χ3n) is 2.87. The number of benzene rings is 2. The molecule has 7 heteroatoms. The highest BCUT2D eigenvalue weighted by Gasteiger charge is 2.17. The van der Waals surface area contributed by atoms with Gasteiger partial charge in [0.2, 0.25) is 0 Å². The van der Waals surface area contributed by atoms with Crippen molar-refractivity contribution in [3.63, 3.8) is 0 Å². The predicted octanol–water partition coefficient (Wildman–Crippen LogP) is 6.35. The molecule has 21 heavy (non-hydrogen) atoms. The van der Waals surface area contributed by atoms with Gasteiger partial charge in [-0.2, -0.15) is 0 Å². The van der Waals surface area contributed by atoms with Gasteiger partial charge in [0.25, 0.3) is 0 Å². The van der Waals surface area contributed by atoms with Crippen molar-refractivity contribution >= 4 is 44.8 Å². The van der Waals surface area contributed by atoms with Crippen LogP contribution in [0.1, 0.15) is 18.5 Å². The van der Waals surface area contributed by atoms with Crippen LogP contribution in [0.3, 0.4) is 0 Å². The summed E-state index contributed by atoms with van der Waals surface area (Å²) in [5.41, 5.74) is 0.0393. The Kier molecular flexibility index (Phi) is 5.07. The molecule has 0 spiro atoms. The zero-order valence-electron chi connectivity index (χ0n) is 10.7. The highest BCUT2D eigenvalue weighted by Crippen LogP contribution is 2.32. The molecule has 1 nitrogen and oxygen atoms in total. The summed E-state index contributed by atoms with van der Waals surface area (Å²) in [5, 5.41) is 2.74. The number of hydrogen-bond acceptors (Lipinski definition) is 1. The van der Waals surface area contributed by atoms with E-state index in [-0.39, 0.29) is 20.2 Å². The molecule has 0 saturated heterocycles. The maximum absolute atomic E-state index is 13.8. The van der Waals surface area contributed by atoms with E-state index in [4.69, 9.17) is 23.2 Å². The van der Waals surface area contributed by atoms with E-state index in [9.17, 15) is 13.2 Å². The Bertz CT molecular complexity index is 671. The first-order valence-electron chi connectivity index (χ1n) is 5.85. The number of nitrogens with one attached hydrogen (secondary N) is 1. The van der Waals surface area contributed by atoms with E-state index in [2.05, 4.69) is 21.2 Å². The lowest BCUT2D eigenvalue weighted by molar-refractivity contribution is 0.582. The maximum atomic E-state index is 13.8. The van der Waals surface area contributed by atoms with Gasteiger partial charge < -0.3 is 5.32 Å². The Morgan fingerprint density at radius 3 is 2.10 bits per heavy atom. The minimum atomic E-state index is -0.765. The topological polar surface area (TPSA) is 12.0 Å². The molecule has 2 rings (SSSR count). The lowest BCUT2D eigenvalue weighted by atomic mass is 10.1. The van der Waals surface area contributed by atoms with Crippen LogP contribution in [0.2, 0.25) is 10.0 Å². The molecular weight excluding hydrogens is 390 g/mol. The third kappa shape index (κ3) is 3.65. The lowest BCUT2D eigenvalue weighted by Gasteiger charge is -2.18. The molecule has 0 saturated carbocycles. The smallest absolute Gasteiger partial charge is 0.150 e. The molecule has 0 amide bonds. The SMILES string of the molecule is CC(Nc1c(F)cc(Br)cc1F)c1cc(F)c(Cl)cc1Cl. The average molecular weight is 399 g/mol. The minimum absolute atomic E-state index is 0.114. The lowest BCUT2D eigenvalue weighted by Crippen LogP contribution is -2.10. The molecule has 1 atom stereocenters. The van der Waals surface area contributed by atoms with E-state index in [1.54, 1.807) is 6.92 Å². The fourth-order valence-corrected chi connectivity index (χ4v) is 2.79. The molecular formula is C14H9BrCl2F3N. The van der Waals surface area contributed by atoms with Crippen LogP contribution in [-0.4, -0.2) is 0 Å². The van der Waals surface area contributed by atoms with Gasteiger partial charge in [0.1, 0.15) is 23.1 Å². The van der Waals surface area contributed by atoms with Gasteiger partial charge in [-0.1, -0.05) is 39.1 Å². The number of rotatable bonds is 3. The maximum Gasteiger partial charge on any atom is 0.150 e. The fraction of sp³-hybridized carbons (Fsp3) is 0.143. The van der Waals surface area contributed by atoms with Crippen molar-refractivity contribution in [3.8, 4) is 0 Å². The highest BCUT2D eigenvalue weighted by atomic mass is 79.9. The average Bonchev–Trinajstić information content (AvgIpc) is 2.37. The summed E-state index contributed by atoms with van der Waals surface area (Å²) in [7, 11) is 0. The summed E-state index contributed by atoms with van der Waals surface area (Å²) in [6.45, 7) is 1.61. The van der Waals surface area contributed by atoms with E-state index >= 15 is 0 Å². The van der Waals surface area contributed by atoms with Crippen molar-refractivity contribution in [2.75, 3.05) is 5.32 Å². The largest absolute Gasteiger partial charge is 0.374 e. The van der Waals surface area contributed by atoms with Gasteiger partial charge in [-0.15, -0.1) is 0 Å². The molecule has 2 aromatic carbocycles. The molecule has 112 valence electrons. The van der Waals surface area contributed by atoms with E-state index in [0.717, 1.165) is 18.2 Å². The summed E-state index contributed by atoms with van der Waals surface area (Å²) in [5.74, 6) is -2.18. The predicted molar refractivity (Wildman–Crippen MR) is 82.5 cm³/mol. The van der Waals surface area contributed by atoms with Crippen LogP contribution in [0.25, 0.3) is 0 Å². The highest BCUT2D eigenvalue weighted by molar-refractivity contribution is 9.10. The summed E-state index contributed by atoms with van der Waals surface area (Å²) in [6, 6.07) is 4.02. The van der Waals surface area contributed by atoms with Crippen molar-refractivity contribution in [2.24, 2.45) is 0 Å². The molecule has 0 fully saturated rings. The summed E-state index contributed by atoms with van der Waals surface area (Å²) < 4.78 is 41.3. The molecule has 1 N–H and O–H groups in total. The molecule has 0 bridgehead atoms. The zero-order chi connectivity index (χ0) is 15.7. The monoisotopic (exact) mass is 397 g/mol. The van der Waals surface area contributed by atoms with Crippen molar-refractivity contribution in [3.05, 3.63) is 61.8 Å². The Hall–Kier alpha value is -0.910. The Morgan fingerprint density at radius 1 is 0.952 bits per heavy atom. The van der Waals surface area contributed by atoms with E-state index in [1.165, 1.54) is 6.07 Å². The Morgan fingerprint density at radius 2 is 1.52 bits per heavy atom. The molecule has 2 aromatic rings. The second-order valence-electron chi connectivity index (χ2n) is 4.40. The Labute approximate surface area is 138 Å². The third-order valence-corrected chi connectivity index (χ3v) is 3.95. The summed E-state index contributed by atoms with van der Waals surface area (Å²) in [6.07, 6.45) is 0. The normalized spacial score (nSPS) is 12.3. The quantitative estimate of drug-likeness (QED) is 0.594. The molecule has 0 aliphatic rings. The van der Waals surface area contributed by atoms with Crippen LogP contribution in [0.15, 0.2) is 28.7 Å². The minimum Gasteiger partial charge on any atom is -0.374 e. The summed E-state index contributed by atoms with van der Waals surface area (Å²) >= 11 is 14.6. The van der Waals surface area contributed by atoms with Crippen molar-refractivity contribution in [2.45, 2.75) is 13.0 Å². The molecule has 1 unspecified atom stereocenters. The van der Waals surface area contributed by atoms with Gasteiger partial charge in [0.05, 0.1) is 11.1 Å². The van der Waals surface area contributed by atoms with Gasteiger partial charge in [-0.05, 0) is 36.8 Å². The van der Waals surface area contributed by atoms with Gasteiger partial charge in [0.15, 0.2) is 0 Å². The van der Waals surface area contributed by atoms with Gasteiger partial charge >= 0.3 is 0 Å². The first kappa shape index (κ1) is 16.5. The molecule has 0 aliphatic heterocycles. The molecule has 0 aromatic heterocycles. The molecule has 0 aliphatic carbocycles. The van der Waals surface area contributed by atoms with Crippen LogP contribution in [0.5, 0.6) is 0 Å². The van der Waals surface area contributed by atoms with Crippen LogP contribution in [-0.2, 0) is 0 Å². The first-order valence-corrected chi connectivity index (χ1v) is 7.40. The first-order chi connectivity index (χ1) is 9.79.